The summed E-state index contributed by atoms with van der Waals surface area (Å²) in [5, 5.41) is 0. The van der Waals surface area contributed by atoms with Crippen LogP contribution in [-0.4, -0.2) is 18.9 Å². The molecular formula is C13H22O3. The molecule has 0 amide bonds. The van der Waals surface area contributed by atoms with Crippen LogP contribution in [0.1, 0.15) is 51.9 Å². The first-order chi connectivity index (χ1) is 7.69. The fourth-order valence-corrected chi connectivity index (χ4v) is 2.50. The maximum atomic E-state index is 11.7. The molecule has 3 nitrogen and oxygen atoms in total. The van der Waals surface area contributed by atoms with Crippen LogP contribution in [0.3, 0.4) is 0 Å². The van der Waals surface area contributed by atoms with Gasteiger partial charge in [-0.1, -0.05) is 26.2 Å². The lowest BCUT2D eigenvalue weighted by atomic mass is 9.86. The predicted molar refractivity (Wildman–Crippen MR) is 62.0 cm³/mol. The molecule has 0 aromatic rings. The summed E-state index contributed by atoms with van der Waals surface area (Å²) in [6.45, 7) is 2.15. The van der Waals surface area contributed by atoms with Crippen LogP contribution in [0.15, 0.2) is 0 Å². The zero-order chi connectivity index (χ0) is 12.0. The summed E-state index contributed by atoms with van der Waals surface area (Å²) in [5.41, 5.74) is 0. The van der Waals surface area contributed by atoms with Crippen molar-refractivity contribution in [1.29, 1.82) is 0 Å². The second-order valence-corrected chi connectivity index (χ2v) is 4.67. The molecule has 2 unspecified atom stereocenters. The van der Waals surface area contributed by atoms with E-state index in [1.54, 1.807) is 0 Å². The van der Waals surface area contributed by atoms with Crippen molar-refractivity contribution in [1.82, 2.24) is 0 Å². The van der Waals surface area contributed by atoms with E-state index in [-0.39, 0.29) is 17.8 Å². The van der Waals surface area contributed by atoms with Crippen molar-refractivity contribution < 1.29 is 14.3 Å². The van der Waals surface area contributed by atoms with Gasteiger partial charge in [0.25, 0.3) is 0 Å². The molecule has 1 fully saturated rings. The van der Waals surface area contributed by atoms with Gasteiger partial charge in [-0.05, 0) is 18.8 Å². The summed E-state index contributed by atoms with van der Waals surface area (Å²) in [5.74, 6) is 0.352. The predicted octanol–water partition coefficient (Wildman–Crippen LogP) is 2.73. The van der Waals surface area contributed by atoms with Gasteiger partial charge in [-0.25, -0.2) is 0 Å². The first-order valence-electron chi connectivity index (χ1n) is 6.28. The highest BCUT2D eigenvalue weighted by atomic mass is 16.5. The quantitative estimate of drug-likeness (QED) is 0.516. The molecule has 0 spiro atoms. The van der Waals surface area contributed by atoms with Crippen LogP contribution in [0.5, 0.6) is 0 Å². The van der Waals surface area contributed by atoms with Gasteiger partial charge < -0.3 is 4.74 Å². The van der Waals surface area contributed by atoms with Gasteiger partial charge in [0.1, 0.15) is 5.78 Å². The van der Waals surface area contributed by atoms with E-state index in [1.807, 2.05) is 0 Å². The summed E-state index contributed by atoms with van der Waals surface area (Å²) >= 11 is 0. The zero-order valence-corrected chi connectivity index (χ0v) is 10.3. The number of carbonyl (C=O) groups excluding carboxylic acids is 2. The van der Waals surface area contributed by atoms with Gasteiger partial charge in [-0.2, -0.15) is 0 Å². The molecule has 3 heteroatoms. The third-order valence-electron chi connectivity index (χ3n) is 3.48. The molecule has 0 aromatic carbocycles. The maximum Gasteiger partial charge on any atom is 0.308 e. The largest absolute Gasteiger partial charge is 0.469 e. The van der Waals surface area contributed by atoms with E-state index in [0.29, 0.717) is 18.6 Å². The molecule has 0 N–H and O–H groups in total. The normalized spacial score (nSPS) is 22.1. The van der Waals surface area contributed by atoms with Crippen molar-refractivity contribution >= 4 is 11.8 Å². The lowest BCUT2D eigenvalue weighted by Crippen LogP contribution is -2.23. The molecule has 92 valence electrons. The lowest BCUT2D eigenvalue weighted by Gasteiger charge is -2.20. The average molecular weight is 226 g/mol. The van der Waals surface area contributed by atoms with Crippen molar-refractivity contribution in [2.75, 3.05) is 7.11 Å². The molecule has 1 aliphatic carbocycles. The molecule has 1 saturated carbocycles. The number of carbonyl (C=O) groups is 2. The number of hydrogen-bond donors (Lipinski definition) is 0. The van der Waals surface area contributed by atoms with E-state index >= 15 is 0 Å². The Hall–Kier alpha value is -0.860. The summed E-state index contributed by atoms with van der Waals surface area (Å²) in [6, 6.07) is 0. The minimum absolute atomic E-state index is 0.0528. The van der Waals surface area contributed by atoms with Crippen LogP contribution < -0.4 is 0 Å². The molecular weight excluding hydrogens is 204 g/mol. The second-order valence-electron chi connectivity index (χ2n) is 4.67. The fraction of sp³-hybridized carbons (Fsp3) is 0.846. The highest BCUT2D eigenvalue weighted by Crippen LogP contribution is 2.33. The molecule has 0 bridgehead atoms. The van der Waals surface area contributed by atoms with Crippen LogP contribution in [0.2, 0.25) is 0 Å². The van der Waals surface area contributed by atoms with Crippen molar-refractivity contribution in [3.63, 3.8) is 0 Å². The molecule has 0 heterocycles. The van der Waals surface area contributed by atoms with E-state index in [0.717, 1.165) is 32.1 Å². The Morgan fingerprint density at radius 1 is 1.50 bits per heavy atom. The van der Waals surface area contributed by atoms with Crippen LogP contribution in [-0.2, 0) is 14.3 Å². The van der Waals surface area contributed by atoms with Crippen molar-refractivity contribution in [3.05, 3.63) is 0 Å². The molecule has 2 atom stereocenters. The third kappa shape index (κ3) is 3.62. The summed E-state index contributed by atoms with van der Waals surface area (Å²) < 4.78 is 4.84. The maximum absolute atomic E-state index is 11.7. The number of hydrogen-bond acceptors (Lipinski definition) is 3. The van der Waals surface area contributed by atoms with E-state index in [1.165, 1.54) is 7.11 Å². The number of methoxy groups -OCH3 is 1. The van der Waals surface area contributed by atoms with Crippen LogP contribution in [0, 0.1) is 11.8 Å². The van der Waals surface area contributed by atoms with Gasteiger partial charge in [0.05, 0.1) is 13.0 Å². The fourth-order valence-electron chi connectivity index (χ4n) is 2.50. The SMILES string of the molecule is CCCCCC(C(=O)OC)C1CCC(=O)C1. The Balaban J connectivity index is 2.49. The second kappa shape index (κ2) is 6.66. The Morgan fingerprint density at radius 2 is 2.25 bits per heavy atom. The molecule has 0 saturated heterocycles. The van der Waals surface area contributed by atoms with Crippen LogP contribution in [0.4, 0.5) is 0 Å². The number of Topliss-reactive ketones (excluding diaryl/α,β-unsaturated/α-hetero) is 1. The van der Waals surface area contributed by atoms with Gasteiger partial charge in [-0.3, -0.25) is 9.59 Å². The van der Waals surface area contributed by atoms with E-state index in [2.05, 4.69) is 6.92 Å². The zero-order valence-electron chi connectivity index (χ0n) is 10.3. The molecule has 0 radical (unpaired) electrons. The monoisotopic (exact) mass is 226 g/mol. The van der Waals surface area contributed by atoms with Crippen molar-refractivity contribution in [3.8, 4) is 0 Å². The topological polar surface area (TPSA) is 43.4 Å². The number of unbranched alkanes of at least 4 members (excludes halogenated alkanes) is 2. The number of ketones is 1. The lowest BCUT2D eigenvalue weighted by molar-refractivity contribution is -0.147. The Morgan fingerprint density at radius 3 is 2.75 bits per heavy atom. The molecule has 16 heavy (non-hydrogen) atoms. The van der Waals surface area contributed by atoms with Gasteiger partial charge in [0.15, 0.2) is 0 Å². The minimum atomic E-state index is -0.129. The van der Waals surface area contributed by atoms with Crippen molar-refractivity contribution in [2.24, 2.45) is 11.8 Å². The highest BCUT2D eigenvalue weighted by Gasteiger charge is 2.34. The van der Waals surface area contributed by atoms with Crippen LogP contribution in [0.25, 0.3) is 0 Å². The van der Waals surface area contributed by atoms with Crippen molar-refractivity contribution in [2.45, 2.75) is 51.9 Å². The Labute approximate surface area is 97.5 Å². The third-order valence-corrected chi connectivity index (χ3v) is 3.48. The van der Waals surface area contributed by atoms with E-state index in [4.69, 9.17) is 4.74 Å². The summed E-state index contributed by atoms with van der Waals surface area (Å²) in [4.78, 5) is 22.9. The summed E-state index contributed by atoms with van der Waals surface area (Å²) in [6.07, 6.45) is 6.31. The van der Waals surface area contributed by atoms with Gasteiger partial charge in [-0.15, -0.1) is 0 Å². The van der Waals surface area contributed by atoms with Crippen LogP contribution >= 0.6 is 0 Å². The average Bonchev–Trinajstić information content (AvgIpc) is 2.70. The van der Waals surface area contributed by atoms with E-state index in [9.17, 15) is 9.59 Å². The standard InChI is InChI=1S/C13H22O3/c1-3-4-5-6-12(13(15)16-2)10-7-8-11(14)9-10/h10,12H,3-9H2,1-2H3. The van der Waals surface area contributed by atoms with E-state index < -0.39 is 0 Å². The minimum Gasteiger partial charge on any atom is -0.469 e. The molecule has 1 aliphatic rings. The molecule has 1 rings (SSSR count). The van der Waals surface area contributed by atoms with Gasteiger partial charge >= 0.3 is 5.97 Å². The van der Waals surface area contributed by atoms with Gasteiger partial charge in [0, 0.05) is 12.8 Å². The first-order valence-corrected chi connectivity index (χ1v) is 6.28. The number of esters is 1. The Kier molecular flexibility index (Phi) is 5.50. The smallest absolute Gasteiger partial charge is 0.308 e. The van der Waals surface area contributed by atoms with Gasteiger partial charge in [0.2, 0.25) is 0 Å². The molecule has 0 aromatic heterocycles. The summed E-state index contributed by atoms with van der Waals surface area (Å²) in [7, 11) is 1.44. The number of rotatable bonds is 6. The highest BCUT2D eigenvalue weighted by molar-refractivity contribution is 5.82. The first kappa shape index (κ1) is 13.2. The molecule has 0 aliphatic heterocycles. The Bertz CT molecular complexity index is 248. The number of ether oxygens (including phenoxy) is 1.